The van der Waals surface area contributed by atoms with Crippen molar-refractivity contribution in [3.05, 3.63) is 128 Å². The van der Waals surface area contributed by atoms with Crippen LogP contribution in [0.1, 0.15) is 41.0 Å². The number of nitrogens with zero attached hydrogens (tertiary/aromatic N) is 3. The molecule has 1 saturated carbocycles. The first-order valence-corrected chi connectivity index (χ1v) is 19.2. The first-order valence-electron chi connectivity index (χ1n) is 17.6. The lowest BCUT2D eigenvalue weighted by molar-refractivity contribution is -0.139. The Bertz CT molecular complexity index is 2430. The molecule has 292 valence electrons. The van der Waals surface area contributed by atoms with E-state index < -0.39 is 81.2 Å². The van der Waals surface area contributed by atoms with Gasteiger partial charge in [0.2, 0.25) is 11.8 Å². The van der Waals surface area contributed by atoms with E-state index in [2.05, 4.69) is 32.9 Å². The molecule has 10 nitrogen and oxygen atoms in total. The molecule has 8 rings (SSSR count). The third-order valence-corrected chi connectivity index (χ3v) is 12.5. The van der Waals surface area contributed by atoms with E-state index in [1.165, 1.54) is 13.2 Å². The van der Waals surface area contributed by atoms with Crippen LogP contribution in [0.25, 0.3) is 6.08 Å². The van der Waals surface area contributed by atoms with Gasteiger partial charge in [0, 0.05) is 27.2 Å². The van der Waals surface area contributed by atoms with Gasteiger partial charge < -0.3 is 9.84 Å². The average molecular weight is 883 g/mol. The number of phenolic OH excluding ortho intramolecular Hbond substituents is 1. The molecule has 0 bridgehead atoms. The largest absolute Gasteiger partial charge is 0.504 e. The fourth-order valence-corrected chi connectivity index (χ4v) is 9.90. The molecule has 2 saturated heterocycles. The quantitative estimate of drug-likeness (QED) is 0.139. The zero-order chi connectivity index (χ0) is 40.7. The molecular formula is C41H30BrCl2F3N4O6. The second kappa shape index (κ2) is 14.0. The van der Waals surface area contributed by atoms with Crippen molar-refractivity contribution in [2.75, 3.05) is 17.4 Å². The number of anilines is 2. The summed E-state index contributed by atoms with van der Waals surface area (Å²) in [5.74, 6) is -8.18. The van der Waals surface area contributed by atoms with Crippen molar-refractivity contribution in [1.29, 1.82) is 0 Å². The number of hydrazine groups is 1. The Morgan fingerprint density at radius 2 is 1.70 bits per heavy atom. The van der Waals surface area contributed by atoms with E-state index in [0.717, 1.165) is 10.5 Å². The molecule has 4 amide bonds. The van der Waals surface area contributed by atoms with Gasteiger partial charge in [-0.15, -0.1) is 0 Å². The van der Waals surface area contributed by atoms with Gasteiger partial charge in [0.05, 0.1) is 46.6 Å². The molecule has 4 aromatic rings. The van der Waals surface area contributed by atoms with Crippen LogP contribution in [0.4, 0.5) is 24.7 Å². The lowest BCUT2D eigenvalue weighted by atomic mass is 9.49. The lowest BCUT2D eigenvalue weighted by Gasteiger charge is -2.50. The van der Waals surface area contributed by atoms with Crippen molar-refractivity contribution in [3.8, 4) is 11.5 Å². The normalized spacial score (nSPS) is 25.5. The highest BCUT2D eigenvalue weighted by molar-refractivity contribution is 9.10. The Kier molecular flexibility index (Phi) is 9.52. The average Bonchev–Trinajstić information content (AvgIpc) is 3.56. The standard InChI is InChI=1S/C41H30BrCl2F3N4O6/c1-3-19-4-10-24(11-5-19)50-36(53)26-13-12-25-27(32(26)38(50)55)17-29-37(54)51(49-35-30(44)14-21(18-48-35)41(45,46)47)39(56)40(29,20-6-8-23(43)9-7-20)33(25)28-15-22(42)16-31(57-2)34(28)52/h3-12,14-16,18,26-27,29,32-33,52H,1,13,17H2,2H3,(H,48,49). The van der Waals surface area contributed by atoms with Gasteiger partial charge >= 0.3 is 6.18 Å². The minimum Gasteiger partial charge on any atom is -0.504 e. The number of amides is 4. The first-order chi connectivity index (χ1) is 27.1. The highest BCUT2D eigenvalue weighted by Gasteiger charge is 2.71. The number of halogens is 6. The summed E-state index contributed by atoms with van der Waals surface area (Å²) in [7, 11) is 1.35. The Morgan fingerprint density at radius 3 is 2.33 bits per heavy atom. The van der Waals surface area contributed by atoms with E-state index >= 15 is 4.79 Å². The third-order valence-electron chi connectivity index (χ3n) is 11.5. The maximum absolute atomic E-state index is 15.4. The number of carbonyl (C=O) groups is 4. The van der Waals surface area contributed by atoms with E-state index in [0.29, 0.717) is 43.6 Å². The highest BCUT2D eigenvalue weighted by Crippen LogP contribution is 2.65. The van der Waals surface area contributed by atoms with Crippen molar-refractivity contribution < 1.29 is 42.2 Å². The number of rotatable bonds is 7. The van der Waals surface area contributed by atoms with Crippen molar-refractivity contribution in [3.63, 3.8) is 0 Å². The first kappa shape index (κ1) is 38.7. The predicted molar refractivity (Wildman–Crippen MR) is 208 cm³/mol. The number of allylic oxidation sites excluding steroid dienone is 2. The number of benzene rings is 3. The summed E-state index contributed by atoms with van der Waals surface area (Å²) in [5, 5.41) is 12.4. The predicted octanol–water partition coefficient (Wildman–Crippen LogP) is 8.72. The number of phenols is 1. The van der Waals surface area contributed by atoms with E-state index in [1.807, 2.05) is 6.08 Å². The Hall–Kier alpha value is -5.18. The number of ether oxygens (including phenoxy) is 1. The van der Waals surface area contributed by atoms with E-state index in [9.17, 15) is 32.7 Å². The van der Waals surface area contributed by atoms with Crippen molar-refractivity contribution in [2.45, 2.75) is 30.4 Å². The maximum Gasteiger partial charge on any atom is 0.417 e. The molecule has 2 aliphatic heterocycles. The second-order valence-corrected chi connectivity index (χ2v) is 16.0. The van der Waals surface area contributed by atoms with E-state index in [4.69, 9.17) is 27.9 Å². The molecule has 4 aliphatic rings. The number of imide groups is 2. The zero-order valence-corrected chi connectivity index (χ0v) is 32.8. The molecule has 16 heteroatoms. The molecule has 3 heterocycles. The number of nitrogens with one attached hydrogen (secondary N) is 1. The summed E-state index contributed by atoms with van der Waals surface area (Å²) in [6, 6.07) is 16.8. The summed E-state index contributed by atoms with van der Waals surface area (Å²) >= 11 is 16.1. The summed E-state index contributed by atoms with van der Waals surface area (Å²) in [6.07, 6.45) is -0.787. The summed E-state index contributed by atoms with van der Waals surface area (Å²) in [4.78, 5) is 64.0. The molecule has 2 N–H and O–H groups in total. The molecule has 6 atom stereocenters. The topological polar surface area (TPSA) is 129 Å². The number of methoxy groups -OCH3 is 1. The van der Waals surface area contributed by atoms with Gasteiger partial charge in [0.15, 0.2) is 17.3 Å². The minimum absolute atomic E-state index is 0.0485. The van der Waals surface area contributed by atoms with Crippen LogP contribution in [-0.4, -0.2) is 45.8 Å². The van der Waals surface area contributed by atoms with Crippen LogP contribution in [0, 0.1) is 23.7 Å². The van der Waals surface area contributed by atoms with Gasteiger partial charge in [-0.25, -0.2) is 4.98 Å². The van der Waals surface area contributed by atoms with Crippen LogP contribution < -0.4 is 15.1 Å². The smallest absolute Gasteiger partial charge is 0.417 e. The number of pyridine rings is 1. The molecular weight excluding hydrogens is 852 g/mol. The Balaban J connectivity index is 1.33. The van der Waals surface area contributed by atoms with Gasteiger partial charge in [-0.05, 0) is 72.4 Å². The summed E-state index contributed by atoms with van der Waals surface area (Å²) < 4.78 is 46.5. The van der Waals surface area contributed by atoms with Crippen molar-refractivity contribution in [2.24, 2.45) is 23.7 Å². The number of alkyl halides is 3. The molecule has 3 fully saturated rings. The van der Waals surface area contributed by atoms with Crippen LogP contribution in [0.15, 0.2) is 95.6 Å². The molecule has 1 aromatic heterocycles. The Morgan fingerprint density at radius 1 is 1.00 bits per heavy atom. The number of hydrogen-bond acceptors (Lipinski definition) is 8. The molecule has 2 aliphatic carbocycles. The molecule has 0 spiro atoms. The van der Waals surface area contributed by atoms with Gasteiger partial charge in [0.25, 0.3) is 11.8 Å². The SMILES string of the molecule is C=Cc1ccc(N2C(=O)C3CC=C4C(CC5C(=O)N(Nc6ncc(C(F)(F)F)cc6Cl)C(=O)C5(c5ccc(Cl)cc5)C4c4cc(Br)cc(OC)c4O)C3C2=O)cc1. The monoisotopic (exact) mass is 880 g/mol. The van der Waals surface area contributed by atoms with E-state index in [1.54, 1.807) is 60.7 Å². The van der Waals surface area contributed by atoms with Crippen LogP contribution in [-0.2, 0) is 30.8 Å². The molecule has 3 aromatic carbocycles. The molecule has 0 radical (unpaired) electrons. The third kappa shape index (κ3) is 5.94. The molecule has 6 unspecified atom stereocenters. The van der Waals surface area contributed by atoms with Gasteiger partial charge in [-0.2, -0.15) is 18.2 Å². The van der Waals surface area contributed by atoms with Crippen molar-refractivity contribution in [1.82, 2.24) is 9.99 Å². The van der Waals surface area contributed by atoms with E-state index in [-0.39, 0.29) is 29.9 Å². The number of carbonyl (C=O) groups excluding carboxylic acids is 4. The Labute approximate surface area is 342 Å². The maximum atomic E-state index is 15.4. The fourth-order valence-electron chi connectivity index (χ4n) is 9.11. The summed E-state index contributed by atoms with van der Waals surface area (Å²) in [5.41, 5.74) is 1.79. The van der Waals surface area contributed by atoms with Crippen LogP contribution >= 0.6 is 39.1 Å². The zero-order valence-electron chi connectivity index (χ0n) is 29.7. The fraction of sp³-hybridized carbons (Fsp3) is 0.244. The molecule has 57 heavy (non-hydrogen) atoms. The number of hydrogen-bond donors (Lipinski definition) is 2. The lowest BCUT2D eigenvalue weighted by Crippen LogP contribution is -2.53. The number of fused-ring (bicyclic) bond motifs is 4. The van der Waals surface area contributed by atoms with Gasteiger partial charge in [0.1, 0.15) is 0 Å². The van der Waals surface area contributed by atoms with Crippen LogP contribution in [0.5, 0.6) is 11.5 Å². The number of aromatic hydroxyl groups is 1. The van der Waals surface area contributed by atoms with Crippen LogP contribution in [0.3, 0.4) is 0 Å². The minimum atomic E-state index is -4.77. The van der Waals surface area contributed by atoms with Crippen LogP contribution in [0.2, 0.25) is 10.0 Å². The highest BCUT2D eigenvalue weighted by atomic mass is 79.9. The summed E-state index contributed by atoms with van der Waals surface area (Å²) in [6.45, 7) is 3.76. The second-order valence-electron chi connectivity index (χ2n) is 14.3. The van der Waals surface area contributed by atoms with Gasteiger partial charge in [-0.1, -0.05) is 87.7 Å². The number of aromatic nitrogens is 1. The van der Waals surface area contributed by atoms with Gasteiger partial charge in [-0.3, -0.25) is 29.5 Å². The van der Waals surface area contributed by atoms with Crippen molar-refractivity contribution >= 4 is 80.3 Å².